The maximum Gasteiger partial charge on any atom is 0.309 e. The number of nitrogens with one attached hydrogen (secondary N) is 2. The minimum atomic E-state index is -1.15. The molecule has 3 amide bonds. The lowest BCUT2D eigenvalue weighted by molar-refractivity contribution is -0.147. The zero-order valence-corrected chi connectivity index (χ0v) is 36.1. The number of nitrogens with zero attached hydrogens (tertiary/aromatic N) is 3. The van der Waals surface area contributed by atoms with Crippen LogP contribution in [0.15, 0.2) is 23.6 Å². The van der Waals surface area contributed by atoms with Crippen molar-refractivity contribution >= 4 is 40.7 Å². The van der Waals surface area contributed by atoms with E-state index in [1.807, 2.05) is 18.9 Å². The van der Waals surface area contributed by atoms with Crippen molar-refractivity contribution in [1.29, 1.82) is 0 Å². The second kappa shape index (κ2) is 21.8. The number of hydrogen-bond acceptors (Lipinski definition) is 8. The van der Waals surface area contributed by atoms with Crippen molar-refractivity contribution < 1.29 is 28.7 Å². The number of amides is 3. The third kappa shape index (κ3) is 13.2. The fourth-order valence-corrected chi connectivity index (χ4v) is 8.50. The predicted molar refractivity (Wildman–Crippen MR) is 223 cm³/mol. The van der Waals surface area contributed by atoms with Gasteiger partial charge in [-0.1, -0.05) is 79.7 Å². The van der Waals surface area contributed by atoms with E-state index in [0.717, 1.165) is 62.9 Å². The van der Waals surface area contributed by atoms with Crippen molar-refractivity contribution in [2.75, 3.05) is 25.9 Å². The molecular weight excluding hydrogens is 732 g/mol. The molecule has 0 aliphatic carbocycles. The standard InChI is InChI=1S/C43H69FN6O5S/c1-10-12-13-15-21-50(41(53)37(28(5)11-2)48-39(52)35-17-14-16-20-49(35)9)36(27(3)4)22-29(6)40-47-34(26-56-40)38(51)46-31(25-43(7,8)42(54)55)23-30-18-19-33(45)32(44)24-30/h18-19,24,26-29,31,35-37H,10-17,20-23,25,45H2,1-9H3,(H,46,51)(H,48,52)(H,54,55)/t28-,29+,31-,35+,36+,37-/m0/s1. The first-order chi connectivity index (χ1) is 26.4. The first-order valence-electron chi connectivity index (χ1n) is 20.7. The molecule has 6 atom stereocenters. The Morgan fingerprint density at radius 3 is 2.41 bits per heavy atom. The number of hydrogen-bond donors (Lipinski definition) is 4. The average molecular weight is 801 g/mol. The van der Waals surface area contributed by atoms with Crippen LogP contribution in [0.4, 0.5) is 10.1 Å². The van der Waals surface area contributed by atoms with Gasteiger partial charge in [-0.3, -0.25) is 24.1 Å². The van der Waals surface area contributed by atoms with Crippen LogP contribution in [0.25, 0.3) is 0 Å². The summed E-state index contributed by atoms with van der Waals surface area (Å²) in [5, 5.41) is 18.5. The zero-order valence-electron chi connectivity index (χ0n) is 35.3. The van der Waals surface area contributed by atoms with Gasteiger partial charge in [-0.2, -0.15) is 0 Å². The summed E-state index contributed by atoms with van der Waals surface area (Å²) in [5.41, 5.74) is 5.33. The van der Waals surface area contributed by atoms with Gasteiger partial charge in [-0.25, -0.2) is 9.37 Å². The van der Waals surface area contributed by atoms with Gasteiger partial charge in [0.15, 0.2) is 0 Å². The SMILES string of the molecule is CCCCCCN(C(=O)[C@@H](NC(=O)[C@H]1CCCCN1C)[C@@H](C)CC)[C@H](C[C@@H](C)c1nc(C(=O)N[C@@H](Cc2ccc(N)c(F)c2)CC(C)(C)C(=O)O)cs1)C(C)C. The Kier molecular flexibility index (Phi) is 18.2. The first-order valence-corrected chi connectivity index (χ1v) is 21.6. The molecule has 2 heterocycles. The van der Waals surface area contributed by atoms with Gasteiger partial charge in [0.1, 0.15) is 17.6 Å². The summed E-state index contributed by atoms with van der Waals surface area (Å²) in [6, 6.07) is 2.82. The maximum atomic E-state index is 14.7. The van der Waals surface area contributed by atoms with E-state index in [1.54, 1.807) is 25.3 Å². The lowest BCUT2D eigenvalue weighted by Crippen LogP contribution is -2.58. The lowest BCUT2D eigenvalue weighted by Gasteiger charge is -2.40. The van der Waals surface area contributed by atoms with Gasteiger partial charge in [0, 0.05) is 29.9 Å². The number of carboxylic acids is 1. The topological polar surface area (TPSA) is 158 Å². The number of aromatic nitrogens is 1. The highest BCUT2D eigenvalue weighted by molar-refractivity contribution is 7.09. The number of carbonyl (C=O) groups excluding carboxylic acids is 3. The molecule has 1 aliphatic rings. The third-order valence-electron chi connectivity index (χ3n) is 11.5. The summed E-state index contributed by atoms with van der Waals surface area (Å²) in [6.07, 6.45) is 8.58. The van der Waals surface area contributed by atoms with E-state index in [4.69, 9.17) is 10.7 Å². The number of carbonyl (C=O) groups is 4. The average Bonchev–Trinajstić information content (AvgIpc) is 3.65. The van der Waals surface area contributed by atoms with Gasteiger partial charge in [0.2, 0.25) is 11.8 Å². The molecule has 0 radical (unpaired) electrons. The van der Waals surface area contributed by atoms with Crippen molar-refractivity contribution in [3.8, 4) is 0 Å². The number of aliphatic carboxylic acids is 1. The van der Waals surface area contributed by atoms with Crippen LogP contribution in [0.2, 0.25) is 0 Å². The molecule has 2 aromatic rings. The van der Waals surface area contributed by atoms with E-state index in [0.29, 0.717) is 18.5 Å². The maximum absolute atomic E-state index is 14.7. The number of unbranched alkanes of at least 4 members (excludes halogenated alkanes) is 3. The van der Waals surface area contributed by atoms with Crippen molar-refractivity contribution in [2.45, 2.75) is 156 Å². The number of carboxylic acid groups (broad SMARTS) is 1. The molecule has 3 rings (SSSR count). The molecular formula is C43H69FN6O5S. The number of rotatable bonds is 22. The predicted octanol–water partition coefficient (Wildman–Crippen LogP) is 7.65. The Labute approximate surface area is 338 Å². The largest absolute Gasteiger partial charge is 0.481 e. The highest BCUT2D eigenvalue weighted by Crippen LogP contribution is 2.31. The molecule has 56 heavy (non-hydrogen) atoms. The van der Waals surface area contributed by atoms with Crippen molar-refractivity contribution in [1.82, 2.24) is 25.4 Å². The molecule has 1 aliphatic heterocycles. The van der Waals surface area contributed by atoms with Gasteiger partial charge in [-0.15, -0.1) is 11.3 Å². The van der Waals surface area contributed by atoms with Crippen LogP contribution < -0.4 is 16.4 Å². The molecule has 1 aromatic carbocycles. The minimum absolute atomic E-state index is 0.0119. The smallest absolute Gasteiger partial charge is 0.309 e. The summed E-state index contributed by atoms with van der Waals surface area (Å²) in [4.78, 5) is 62.9. The number of piperidine rings is 1. The van der Waals surface area contributed by atoms with E-state index in [2.05, 4.69) is 50.2 Å². The Morgan fingerprint density at radius 2 is 1.80 bits per heavy atom. The van der Waals surface area contributed by atoms with Crippen LogP contribution in [-0.4, -0.2) is 87.9 Å². The van der Waals surface area contributed by atoms with Gasteiger partial charge in [0.05, 0.1) is 22.2 Å². The number of nitrogen functional groups attached to an aromatic ring is 1. The van der Waals surface area contributed by atoms with Crippen molar-refractivity contribution in [3.05, 3.63) is 45.7 Å². The molecule has 314 valence electrons. The van der Waals surface area contributed by atoms with Crippen LogP contribution >= 0.6 is 11.3 Å². The van der Waals surface area contributed by atoms with Crippen LogP contribution in [-0.2, 0) is 20.8 Å². The van der Waals surface area contributed by atoms with Crippen LogP contribution in [0.1, 0.15) is 147 Å². The number of nitrogens with two attached hydrogens (primary N) is 1. The van der Waals surface area contributed by atoms with Crippen LogP contribution in [0.3, 0.4) is 0 Å². The Balaban J connectivity index is 1.85. The normalized spacial score (nSPS) is 17.8. The molecule has 1 saturated heterocycles. The first kappa shape index (κ1) is 46.8. The number of likely N-dealkylation sites (tertiary alicyclic amines) is 1. The van der Waals surface area contributed by atoms with E-state index in [1.165, 1.54) is 23.5 Å². The summed E-state index contributed by atoms with van der Waals surface area (Å²) in [7, 11) is 1.98. The Bertz CT molecular complexity index is 1600. The quantitative estimate of drug-likeness (QED) is 0.0699. The molecule has 0 saturated carbocycles. The summed E-state index contributed by atoms with van der Waals surface area (Å²) in [6.45, 7) is 17.2. The van der Waals surface area contributed by atoms with Crippen molar-refractivity contribution in [2.24, 2.45) is 17.3 Å². The third-order valence-corrected chi connectivity index (χ3v) is 12.6. The molecule has 1 fully saturated rings. The monoisotopic (exact) mass is 801 g/mol. The molecule has 0 bridgehead atoms. The van der Waals surface area contributed by atoms with Gasteiger partial charge in [-0.05, 0) is 95.5 Å². The van der Waals surface area contributed by atoms with Crippen molar-refractivity contribution in [3.63, 3.8) is 0 Å². The fourth-order valence-electron chi connectivity index (χ4n) is 7.63. The lowest BCUT2D eigenvalue weighted by atomic mass is 9.84. The highest BCUT2D eigenvalue weighted by Gasteiger charge is 2.38. The van der Waals surface area contributed by atoms with E-state index >= 15 is 0 Å². The summed E-state index contributed by atoms with van der Waals surface area (Å²) in [5.74, 6) is -2.15. The number of thiazole rings is 1. The van der Waals surface area contributed by atoms with Crippen LogP contribution in [0.5, 0.6) is 0 Å². The number of benzene rings is 1. The summed E-state index contributed by atoms with van der Waals surface area (Å²) >= 11 is 1.38. The summed E-state index contributed by atoms with van der Waals surface area (Å²) < 4.78 is 14.3. The minimum Gasteiger partial charge on any atom is -0.481 e. The van der Waals surface area contributed by atoms with Gasteiger partial charge >= 0.3 is 5.97 Å². The molecule has 13 heteroatoms. The Morgan fingerprint density at radius 1 is 1.09 bits per heavy atom. The van der Waals surface area contributed by atoms with E-state index in [9.17, 15) is 28.7 Å². The number of halogens is 1. The second-order valence-corrected chi connectivity index (χ2v) is 18.0. The zero-order chi connectivity index (χ0) is 41.7. The van der Waals surface area contributed by atoms with Crippen LogP contribution in [0, 0.1) is 23.1 Å². The van der Waals surface area contributed by atoms with Gasteiger partial charge < -0.3 is 26.4 Å². The Hall–Kier alpha value is -3.58. The highest BCUT2D eigenvalue weighted by atomic mass is 32.1. The number of anilines is 1. The molecule has 0 unspecified atom stereocenters. The fraction of sp³-hybridized carbons (Fsp3) is 0.698. The molecule has 11 nitrogen and oxygen atoms in total. The molecule has 0 spiro atoms. The molecule has 5 N–H and O–H groups in total. The number of likely N-dealkylation sites (N-methyl/N-ethyl adjacent to an activating group) is 1. The van der Waals surface area contributed by atoms with Gasteiger partial charge in [0.25, 0.3) is 5.91 Å². The second-order valence-electron chi connectivity index (χ2n) is 17.1. The van der Waals surface area contributed by atoms with E-state index in [-0.39, 0.29) is 65.9 Å². The molecule has 1 aromatic heterocycles. The van der Waals surface area contributed by atoms with E-state index < -0.39 is 35.2 Å².